The predicted octanol–water partition coefficient (Wildman–Crippen LogP) is 5.94. The largest absolute Gasteiger partial charge is 0.422 e. The van der Waals surface area contributed by atoms with E-state index in [1.807, 2.05) is 97.9 Å². The summed E-state index contributed by atoms with van der Waals surface area (Å²) in [5, 5.41) is 0.939. The average molecular weight is 338 g/mol. The van der Waals surface area contributed by atoms with Gasteiger partial charge in [-0.3, -0.25) is 0 Å². The normalized spacial score (nSPS) is 11.3. The third kappa shape index (κ3) is 3.09. The lowest BCUT2D eigenvalue weighted by molar-refractivity contribution is 0.559. The van der Waals surface area contributed by atoms with Crippen molar-refractivity contribution in [2.75, 3.05) is 0 Å². The van der Waals surface area contributed by atoms with Crippen LogP contribution in [-0.4, -0.2) is 0 Å². The van der Waals surface area contributed by atoms with Crippen LogP contribution in [0, 0.1) is 6.92 Å². The zero-order valence-corrected chi connectivity index (χ0v) is 14.5. The summed E-state index contributed by atoms with van der Waals surface area (Å²) in [6.45, 7) is 1.99. The molecule has 0 bridgehead atoms. The third-order valence-corrected chi connectivity index (χ3v) is 4.40. The van der Waals surface area contributed by atoms with Gasteiger partial charge >= 0.3 is 5.63 Å². The van der Waals surface area contributed by atoms with Crippen molar-refractivity contribution in [1.29, 1.82) is 0 Å². The van der Waals surface area contributed by atoms with E-state index < -0.39 is 0 Å². The first-order valence-electron chi connectivity index (χ1n) is 8.58. The van der Waals surface area contributed by atoms with Gasteiger partial charge in [0.1, 0.15) is 5.58 Å². The van der Waals surface area contributed by atoms with Crippen LogP contribution < -0.4 is 5.63 Å². The van der Waals surface area contributed by atoms with Gasteiger partial charge in [-0.05, 0) is 35.8 Å². The van der Waals surface area contributed by atoms with E-state index in [4.69, 9.17) is 4.42 Å². The van der Waals surface area contributed by atoms with E-state index in [2.05, 4.69) is 0 Å². The molecule has 4 aromatic rings. The molecule has 0 aliphatic rings. The second-order valence-corrected chi connectivity index (χ2v) is 6.29. The lowest BCUT2D eigenvalue weighted by Gasteiger charge is -2.10. The first-order valence-corrected chi connectivity index (χ1v) is 8.58. The summed E-state index contributed by atoms with van der Waals surface area (Å²) in [5.41, 5.74) is 4.87. The highest BCUT2D eigenvalue weighted by molar-refractivity contribution is 5.98. The fraction of sp³-hybridized carbons (Fsp3) is 0.0417. The van der Waals surface area contributed by atoms with Crippen molar-refractivity contribution in [1.82, 2.24) is 0 Å². The van der Waals surface area contributed by atoms with Crippen LogP contribution in [-0.2, 0) is 0 Å². The molecular weight excluding hydrogens is 320 g/mol. The van der Waals surface area contributed by atoms with E-state index in [0.717, 1.165) is 27.6 Å². The number of aryl methyl sites for hydroxylation is 1. The van der Waals surface area contributed by atoms with Crippen LogP contribution in [0.2, 0.25) is 0 Å². The van der Waals surface area contributed by atoms with Gasteiger partial charge in [-0.25, -0.2) is 4.79 Å². The van der Waals surface area contributed by atoms with Crippen LogP contribution >= 0.6 is 0 Å². The Hall–Kier alpha value is -3.39. The second-order valence-electron chi connectivity index (χ2n) is 6.29. The van der Waals surface area contributed by atoms with Crippen molar-refractivity contribution in [2.24, 2.45) is 0 Å². The number of fused-ring (bicyclic) bond motifs is 1. The predicted molar refractivity (Wildman–Crippen MR) is 108 cm³/mol. The molecule has 4 rings (SSSR count). The second kappa shape index (κ2) is 6.85. The van der Waals surface area contributed by atoms with E-state index in [9.17, 15) is 4.79 Å². The van der Waals surface area contributed by atoms with Crippen LogP contribution in [0.3, 0.4) is 0 Å². The molecule has 3 aromatic carbocycles. The quantitative estimate of drug-likeness (QED) is 0.433. The Labute approximate surface area is 152 Å². The fourth-order valence-electron chi connectivity index (χ4n) is 3.13. The first kappa shape index (κ1) is 16.1. The maximum absolute atomic E-state index is 12.7. The van der Waals surface area contributed by atoms with Gasteiger partial charge < -0.3 is 4.42 Å². The molecule has 26 heavy (non-hydrogen) atoms. The topological polar surface area (TPSA) is 30.2 Å². The Morgan fingerprint density at radius 2 is 1.50 bits per heavy atom. The minimum absolute atomic E-state index is 0.325. The Bertz CT molecular complexity index is 1140. The van der Waals surface area contributed by atoms with Crippen LogP contribution in [0.25, 0.3) is 34.2 Å². The molecule has 126 valence electrons. The van der Waals surface area contributed by atoms with Crippen molar-refractivity contribution >= 4 is 23.1 Å². The summed E-state index contributed by atoms with van der Waals surface area (Å²) >= 11 is 0. The molecule has 1 aromatic heterocycles. The van der Waals surface area contributed by atoms with Crippen LogP contribution in [0.1, 0.15) is 16.7 Å². The molecular formula is C24H18O2. The van der Waals surface area contributed by atoms with Gasteiger partial charge in [0.25, 0.3) is 0 Å². The van der Waals surface area contributed by atoms with Crippen molar-refractivity contribution in [3.63, 3.8) is 0 Å². The highest BCUT2D eigenvalue weighted by atomic mass is 16.4. The standard InChI is InChI=1S/C24H18O2/c1-17-12-14-20-22(16-17)26-24(25)21(15-13-18-8-4-2-5-9-18)23(20)19-10-6-3-7-11-19/h2-16H,1H3/b15-13+. The maximum Gasteiger partial charge on any atom is 0.344 e. The first-order chi connectivity index (χ1) is 12.7. The molecule has 0 spiro atoms. The van der Waals surface area contributed by atoms with Crippen LogP contribution in [0.15, 0.2) is 88.1 Å². The molecule has 0 unspecified atom stereocenters. The fourth-order valence-corrected chi connectivity index (χ4v) is 3.13. The molecule has 0 atom stereocenters. The molecule has 0 aliphatic carbocycles. The molecule has 2 heteroatoms. The average Bonchev–Trinajstić information content (AvgIpc) is 2.67. The molecule has 0 fully saturated rings. The summed E-state index contributed by atoms with van der Waals surface area (Å²) in [5.74, 6) is 0. The van der Waals surface area contributed by atoms with Crippen LogP contribution in [0.5, 0.6) is 0 Å². The summed E-state index contributed by atoms with van der Waals surface area (Å²) in [6.07, 6.45) is 3.79. The Morgan fingerprint density at radius 3 is 2.23 bits per heavy atom. The molecule has 0 radical (unpaired) electrons. The lowest BCUT2D eigenvalue weighted by atomic mass is 9.96. The minimum Gasteiger partial charge on any atom is -0.422 e. The summed E-state index contributed by atoms with van der Waals surface area (Å²) in [7, 11) is 0. The Kier molecular flexibility index (Phi) is 4.24. The summed E-state index contributed by atoms with van der Waals surface area (Å²) < 4.78 is 5.62. The van der Waals surface area contributed by atoms with Crippen molar-refractivity contribution in [3.05, 3.63) is 106 Å². The monoisotopic (exact) mass is 338 g/mol. The van der Waals surface area contributed by atoms with Gasteiger partial charge in [0.2, 0.25) is 0 Å². The molecule has 0 saturated heterocycles. The molecule has 0 N–H and O–H groups in total. The lowest BCUT2D eigenvalue weighted by Crippen LogP contribution is -2.06. The van der Waals surface area contributed by atoms with E-state index in [1.54, 1.807) is 0 Å². The zero-order valence-electron chi connectivity index (χ0n) is 14.5. The maximum atomic E-state index is 12.7. The molecule has 0 aliphatic heterocycles. The van der Waals surface area contributed by atoms with Crippen molar-refractivity contribution in [3.8, 4) is 11.1 Å². The van der Waals surface area contributed by atoms with Gasteiger partial charge in [-0.1, -0.05) is 78.9 Å². The Balaban J connectivity index is 2.00. The van der Waals surface area contributed by atoms with E-state index in [1.165, 1.54) is 0 Å². The molecule has 1 heterocycles. The van der Waals surface area contributed by atoms with Crippen molar-refractivity contribution in [2.45, 2.75) is 6.92 Å². The van der Waals surface area contributed by atoms with E-state index >= 15 is 0 Å². The molecule has 2 nitrogen and oxygen atoms in total. The van der Waals surface area contributed by atoms with Gasteiger partial charge in [-0.2, -0.15) is 0 Å². The highest BCUT2D eigenvalue weighted by Gasteiger charge is 2.14. The van der Waals surface area contributed by atoms with Gasteiger partial charge in [-0.15, -0.1) is 0 Å². The SMILES string of the molecule is Cc1ccc2c(-c3ccccc3)c(/C=C/c3ccccc3)c(=O)oc2c1. The number of benzene rings is 3. The summed E-state index contributed by atoms with van der Waals surface area (Å²) in [6, 6.07) is 25.9. The van der Waals surface area contributed by atoms with E-state index in [-0.39, 0.29) is 5.63 Å². The van der Waals surface area contributed by atoms with Gasteiger partial charge in [0, 0.05) is 10.9 Å². The minimum atomic E-state index is -0.325. The number of hydrogen-bond donors (Lipinski definition) is 0. The third-order valence-electron chi connectivity index (χ3n) is 4.40. The molecule has 0 saturated carbocycles. The summed E-state index contributed by atoms with van der Waals surface area (Å²) in [4.78, 5) is 12.7. The highest BCUT2D eigenvalue weighted by Crippen LogP contribution is 2.31. The van der Waals surface area contributed by atoms with Gasteiger partial charge in [0.05, 0.1) is 5.56 Å². The Morgan fingerprint density at radius 1 is 0.808 bits per heavy atom. The van der Waals surface area contributed by atoms with E-state index in [0.29, 0.717) is 11.1 Å². The van der Waals surface area contributed by atoms with Gasteiger partial charge in [0.15, 0.2) is 0 Å². The zero-order chi connectivity index (χ0) is 17.9. The number of rotatable bonds is 3. The smallest absolute Gasteiger partial charge is 0.344 e. The molecule has 0 amide bonds. The van der Waals surface area contributed by atoms with Crippen molar-refractivity contribution < 1.29 is 4.42 Å². The number of hydrogen-bond acceptors (Lipinski definition) is 2. The van der Waals surface area contributed by atoms with Crippen LogP contribution in [0.4, 0.5) is 0 Å².